The van der Waals surface area contributed by atoms with Gasteiger partial charge in [-0.1, -0.05) is 23.7 Å². The first-order valence-corrected chi connectivity index (χ1v) is 6.46. The third kappa shape index (κ3) is 3.58. The van der Waals surface area contributed by atoms with Crippen molar-refractivity contribution in [2.24, 2.45) is 0 Å². The lowest BCUT2D eigenvalue weighted by Crippen LogP contribution is -2.24. The summed E-state index contributed by atoms with van der Waals surface area (Å²) in [5.74, 6) is 1.54. The van der Waals surface area contributed by atoms with Gasteiger partial charge in [0.15, 0.2) is 0 Å². The van der Waals surface area contributed by atoms with E-state index in [1.807, 2.05) is 24.3 Å². The topological polar surface area (TPSA) is 38.2 Å². The summed E-state index contributed by atoms with van der Waals surface area (Å²) >= 11 is 5.80. The van der Waals surface area contributed by atoms with Gasteiger partial charge in [-0.05, 0) is 24.6 Å². The van der Waals surface area contributed by atoms with Gasteiger partial charge in [-0.15, -0.1) is 0 Å². The first kappa shape index (κ1) is 13.6. The maximum absolute atomic E-state index is 5.80. The second-order valence-electron chi connectivity index (χ2n) is 4.06. The van der Waals surface area contributed by atoms with Crippen molar-refractivity contribution >= 4 is 17.5 Å². The van der Waals surface area contributed by atoms with Gasteiger partial charge in [-0.3, -0.25) is 0 Å². The lowest BCUT2D eigenvalue weighted by Gasteiger charge is -2.20. The van der Waals surface area contributed by atoms with Crippen LogP contribution in [0.1, 0.15) is 12.5 Å². The van der Waals surface area contributed by atoms with Gasteiger partial charge in [0.25, 0.3) is 0 Å². The summed E-state index contributed by atoms with van der Waals surface area (Å²) < 4.78 is 5.15. The molecule has 0 spiro atoms. The lowest BCUT2D eigenvalue weighted by atomic mass is 10.2. The highest BCUT2D eigenvalue weighted by atomic mass is 35.5. The molecule has 2 rings (SSSR count). The largest absolute Gasteiger partial charge is 0.497 e. The van der Waals surface area contributed by atoms with Crippen LogP contribution in [-0.2, 0) is 6.54 Å². The van der Waals surface area contributed by atoms with Crippen molar-refractivity contribution < 1.29 is 4.74 Å². The molecule has 0 aliphatic rings. The molecule has 0 amide bonds. The Morgan fingerprint density at radius 2 is 1.79 bits per heavy atom. The summed E-state index contributed by atoms with van der Waals surface area (Å²) in [6.45, 7) is 3.65. The van der Waals surface area contributed by atoms with E-state index in [1.54, 1.807) is 19.5 Å². The van der Waals surface area contributed by atoms with Gasteiger partial charge in [-0.2, -0.15) is 0 Å². The molecule has 0 bridgehead atoms. The molecular weight excluding hydrogens is 262 g/mol. The molecule has 19 heavy (non-hydrogen) atoms. The Morgan fingerprint density at radius 3 is 2.32 bits per heavy atom. The summed E-state index contributed by atoms with van der Waals surface area (Å²) in [6.07, 6.45) is 3.22. The van der Waals surface area contributed by atoms with Crippen LogP contribution < -0.4 is 9.64 Å². The fourth-order valence-corrected chi connectivity index (χ4v) is 1.84. The highest BCUT2D eigenvalue weighted by molar-refractivity contribution is 6.30. The fourth-order valence-electron chi connectivity index (χ4n) is 1.74. The third-order valence-corrected chi connectivity index (χ3v) is 3.00. The summed E-state index contributed by atoms with van der Waals surface area (Å²) in [6, 6.07) is 7.98. The first-order valence-electron chi connectivity index (χ1n) is 6.08. The molecule has 1 heterocycles. The predicted molar refractivity (Wildman–Crippen MR) is 76.8 cm³/mol. The number of rotatable bonds is 5. The number of nitrogens with zero attached hydrogens (tertiary/aromatic N) is 3. The molecule has 0 radical (unpaired) electrons. The van der Waals surface area contributed by atoms with Gasteiger partial charge in [0.1, 0.15) is 5.75 Å². The molecule has 100 valence electrons. The minimum absolute atomic E-state index is 0.546. The van der Waals surface area contributed by atoms with Crippen molar-refractivity contribution in [3.63, 3.8) is 0 Å². The van der Waals surface area contributed by atoms with Gasteiger partial charge >= 0.3 is 0 Å². The van der Waals surface area contributed by atoms with E-state index in [0.717, 1.165) is 18.8 Å². The number of ether oxygens (including phenoxy) is 1. The van der Waals surface area contributed by atoms with Gasteiger partial charge < -0.3 is 9.64 Å². The molecule has 0 saturated heterocycles. The van der Waals surface area contributed by atoms with Gasteiger partial charge in [0, 0.05) is 13.1 Å². The number of hydrogen-bond acceptors (Lipinski definition) is 4. The van der Waals surface area contributed by atoms with Crippen LogP contribution >= 0.6 is 11.6 Å². The van der Waals surface area contributed by atoms with Crippen molar-refractivity contribution in [1.82, 2.24) is 9.97 Å². The smallest absolute Gasteiger partial charge is 0.225 e. The molecule has 4 nitrogen and oxygen atoms in total. The van der Waals surface area contributed by atoms with Crippen LogP contribution in [0, 0.1) is 0 Å². The van der Waals surface area contributed by atoms with E-state index >= 15 is 0 Å². The Bertz CT molecular complexity index is 513. The second kappa shape index (κ2) is 6.38. The molecule has 0 N–H and O–H groups in total. The molecule has 0 aliphatic carbocycles. The highest BCUT2D eigenvalue weighted by Crippen LogP contribution is 2.16. The minimum Gasteiger partial charge on any atom is -0.497 e. The average Bonchev–Trinajstić information content (AvgIpc) is 2.46. The molecule has 0 aliphatic heterocycles. The van der Waals surface area contributed by atoms with Crippen LogP contribution in [0.2, 0.25) is 5.02 Å². The van der Waals surface area contributed by atoms with E-state index in [1.165, 1.54) is 5.56 Å². The molecule has 2 aromatic rings. The van der Waals surface area contributed by atoms with Gasteiger partial charge in [0.05, 0.1) is 24.5 Å². The van der Waals surface area contributed by atoms with E-state index in [9.17, 15) is 0 Å². The average molecular weight is 278 g/mol. The van der Waals surface area contributed by atoms with Crippen molar-refractivity contribution in [2.45, 2.75) is 13.5 Å². The van der Waals surface area contributed by atoms with E-state index in [-0.39, 0.29) is 0 Å². The van der Waals surface area contributed by atoms with Crippen LogP contribution in [0.15, 0.2) is 36.7 Å². The summed E-state index contributed by atoms with van der Waals surface area (Å²) in [5, 5.41) is 0.546. The monoisotopic (exact) mass is 277 g/mol. The Morgan fingerprint density at radius 1 is 1.16 bits per heavy atom. The molecule has 0 fully saturated rings. The SMILES string of the molecule is CCN(Cc1ccc(OC)cc1)c1ncc(Cl)cn1. The number of halogens is 1. The van der Waals surface area contributed by atoms with Crippen LogP contribution in [-0.4, -0.2) is 23.6 Å². The second-order valence-corrected chi connectivity index (χ2v) is 4.50. The van der Waals surface area contributed by atoms with Crippen molar-refractivity contribution in [1.29, 1.82) is 0 Å². The molecule has 0 unspecified atom stereocenters. The molecular formula is C14H16ClN3O. The Balaban J connectivity index is 2.11. The molecule has 1 aromatic heterocycles. The zero-order valence-electron chi connectivity index (χ0n) is 11.0. The van der Waals surface area contributed by atoms with Crippen LogP contribution in [0.3, 0.4) is 0 Å². The number of methoxy groups -OCH3 is 1. The molecule has 1 aromatic carbocycles. The standard InChI is InChI=1S/C14H16ClN3O/c1-3-18(14-16-8-12(15)9-17-14)10-11-4-6-13(19-2)7-5-11/h4-9H,3,10H2,1-2H3. The zero-order chi connectivity index (χ0) is 13.7. The van der Waals surface area contributed by atoms with E-state index < -0.39 is 0 Å². The number of hydrogen-bond donors (Lipinski definition) is 0. The van der Waals surface area contributed by atoms with E-state index in [0.29, 0.717) is 11.0 Å². The van der Waals surface area contributed by atoms with Crippen molar-refractivity contribution in [2.75, 3.05) is 18.6 Å². The zero-order valence-corrected chi connectivity index (χ0v) is 11.8. The van der Waals surface area contributed by atoms with Crippen molar-refractivity contribution in [3.8, 4) is 5.75 Å². The van der Waals surface area contributed by atoms with Crippen LogP contribution in [0.5, 0.6) is 5.75 Å². The lowest BCUT2D eigenvalue weighted by molar-refractivity contribution is 0.414. The Hall–Kier alpha value is -1.81. The van der Waals surface area contributed by atoms with E-state index in [4.69, 9.17) is 16.3 Å². The maximum Gasteiger partial charge on any atom is 0.225 e. The van der Waals surface area contributed by atoms with Crippen LogP contribution in [0.4, 0.5) is 5.95 Å². The summed E-state index contributed by atoms with van der Waals surface area (Å²) in [4.78, 5) is 10.6. The van der Waals surface area contributed by atoms with Gasteiger partial charge in [-0.25, -0.2) is 9.97 Å². The summed E-state index contributed by atoms with van der Waals surface area (Å²) in [7, 11) is 1.66. The Kier molecular flexibility index (Phi) is 4.58. The Labute approximate surface area is 118 Å². The third-order valence-electron chi connectivity index (χ3n) is 2.80. The number of anilines is 1. The predicted octanol–water partition coefficient (Wildman–Crippen LogP) is 3.17. The fraction of sp³-hybridized carbons (Fsp3) is 0.286. The number of benzene rings is 1. The first-order chi connectivity index (χ1) is 9.22. The summed E-state index contributed by atoms with van der Waals surface area (Å²) in [5.41, 5.74) is 1.18. The number of aromatic nitrogens is 2. The molecule has 0 saturated carbocycles. The van der Waals surface area contributed by atoms with Crippen molar-refractivity contribution in [3.05, 3.63) is 47.2 Å². The van der Waals surface area contributed by atoms with Gasteiger partial charge in [0.2, 0.25) is 5.95 Å². The molecule has 0 atom stereocenters. The quantitative estimate of drug-likeness (QED) is 0.841. The maximum atomic E-state index is 5.80. The highest BCUT2D eigenvalue weighted by Gasteiger charge is 2.08. The normalized spacial score (nSPS) is 10.3. The van der Waals surface area contributed by atoms with E-state index in [2.05, 4.69) is 21.8 Å². The van der Waals surface area contributed by atoms with Crippen LogP contribution in [0.25, 0.3) is 0 Å². The minimum atomic E-state index is 0.546. The molecule has 5 heteroatoms.